The van der Waals surface area contributed by atoms with Gasteiger partial charge in [0.15, 0.2) is 6.04 Å². The Morgan fingerprint density at radius 1 is 1.33 bits per heavy atom. The Morgan fingerprint density at radius 2 is 1.87 bits per heavy atom. The molecule has 0 spiro atoms. The summed E-state index contributed by atoms with van der Waals surface area (Å²) in [5.41, 5.74) is 0. The maximum absolute atomic E-state index is 11.5. The zero-order valence-electron chi connectivity index (χ0n) is 9.36. The Morgan fingerprint density at radius 3 is 2.20 bits per heavy atom. The molecule has 0 fully saturated rings. The zero-order chi connectivity index (χ0) is 12.0. The highest BCUT2D eigenvalue weighted by atomic mass is 16.4. The molecule has 88 valence electrons. The van der Waals surface area contributed by atoms with E-state index in [1.807, 2.05) is 6.92 Å². The van der Waals surface area contributed by atoms with Gasteiger partial charge in [-0.05, 0) is 13.3 Å². The molecule has 15 heavy (non-hydrogen) atoms. The van der Waals surface area contributed by atoms with Gasteiger partial charge in [-0.1, -0.05) is 20.3 Å². The van der Waals surface area contributed by atoms with Crippen molar-refractivity contribution in [2.24, 2.45) is 5.92 Å². The van der Waals surface area contributed by atoms with Crippen LogP contribution < -0.4 is 5.32 Å². The van der Waals surface area contributed by atoms with Gasteiger partial charge in [-0.3, -0.25) is 4.79 Å². The molecule has 1 unspecified atom stereocenters. The topological polar surface area (TPSA) is 86.6 Å². The number of carbonyl (C=O) groups excluding carboxylic acids is 1. The van der Waals surface area contributed by atoms with E-state index in [1.54, 1.807) is 6.92 Å². The number of amides is 1. The first-order chi connectivity index (χ1) is 6.90. The normalized spacial score (nSPS) is 16.5. The van der Waals surface area contributed by atoms with E-state index in [-0.39, 0.29) is 11.8 Å². The number of aliphatic hydroxyl groups excluding tert-OH is 1. The Kier molecular flexibility index (Phi) is 5.93. The number of hydrogen-bond donors (Lipinski definition) is 3. The minimum absolute atomic E-state index is 0.226. The lowest BCUT2D eigenvalue weighted by Crippen LogP contribution is -2.49. The molecule has 0 aliphatic carbocycles. The molecule has 1 amide bonds. The van der Waals surface area contributed by atoms with Crippen molar-refractivity contribution in [1.82, 2.24) is 5.32 Å². The van der Waals surface area contributed by atoms with Crippen LogP contribution in [0.5, 0.6) is 0 Å². The lowest BCUT2D eigenvalue weighted by molar-refractivity contribution is -0.145. The van der Waals surface area contributed by atoms with E-state index in [0.29, 0.717) is 6.42 Å². The van der Waals surface area contributed by atoms with Crippen LogP contribution in [0.25, 0.3) is 0 Å². The summed E-state index contributed by atoms with van der Waals surface area (Å²) in [5, 5.41) is 20.2. The van der Waals surface area contributed by atoms with Crippen molar-refractivity contribution in [1.29, 1.82) is 0 Å². The first-order valence-electron chi connectivity index (χ1n) is 5.11. The van der Waals surface area contributed by atoms with Crippen LogP contribution in [0.2, 0.25) is 0 Å². The van der Waals surface area contributed by atoms with Crippen molar-refractivity contribution in [2.75, 3.05) is 0 Å². The number of carboxylic acids is 1. The summed E-state index contributed by atoms with van der Waals surface area (Å²) >= 11 is 0. The fourth-order valence-corrected chi connectivity index (χ4v) is 1.25. The number of nitrogens with one attached hydrogen (secondary N) is 1. The van der Waals surface area contributed by atoms with Crippen LogP contribution in [-0.4, -0.2) is 34.2 Å². The minimum Gasteiger partial charge on any atom is -0.480 e. The molecule has 0 saturated carbocycles. The molecule has 0 saturated heterocycles. The summed E-state index contributed by atoms with van der Waals surface area (Å²) in [6.07, 6.45) is 0.471. The Bertz CT molecular complexity index is 227. The van der Waals surface area contributed by atoms with E-state index in [4.69, 9.17) is 10.2 Å². The van der Waals surface area contributed by atoms with Gasteiger partial charge >= 0.3 is 5.97 Å². The maximum atomic E-state index is 11.5. The first-order valence-corrected chi connectivity index (χ1v) is 5.11. The Labute approximate surface area is 89.5 Å². The molecule has 0 heterocycles. The third-order valence-electron chi connectivity index (χ3n) is 2.22. The van der Waals surface area contributed by atoms with Crippen molar-refractivity contribution < 1.29 is 19.8 Å². The van der Waals surface area contributed by atoms with E-state index >= 15 is 0 Å². The fraction of sp³-hybridized carbons (Fsp3) is 0.800. The quantitative estimate of drug-likeness (QED) is 0.600. The SMILES string of the molecule is CCCC(C)C(=O)N[C@H](C(=O)O)[C@@H](C)O. The third kappa shape index (κ3) is 4.78. The summed E-state index contributed by atoms with van der Waals surface area (Å²) in [5.74, 6) is -1.78. The molecule has 5 nitrogen and oxygen atoms in total. The second-order valence-electron chi connectivity index (χ2n) is 3.75. The summed E-state index contributed by atoms with van der Waals surface area (Å²) in [6, 6.07) is -1.23. The van der Waals surface area contributed by atoms with Gasteiger partial charge in [-0.15, -0.1) is 0 Å². The monoisotopic (exact) mass is 217 g/mol. The van der Waals surface area contributed by atoms with Crippen LogP contribution in [-0.2, 0) is 9.59 Å². The van der Waals surface area contributed by atoms with Crippen LogP contribution >= 0.6 is 0 Å². The third-order valence-corrected chi connectivity index (χ3v) is 2.22. The van der Waals surface area contributed by atoms with Crippen LogP contribution in [0.1, 0.15) is 33.6 Å². The molecule has 0 aromatic carbocycles. The highest BCUT2D eigenvalue weighted by Gasteiger charge is 2.26. The van der Waals surface area contributed by atoms with Gasteiger partial charge < -0.3 is 15.5 Å². The lowest BCUT2D eigenvalue weighted by Gasteiger charge is -2.19. The minimum atomic E-state index is -1.23. The molecule has 5 heteroatoms. The van der Waals surface area contributed by atoms with Gasteiger partial charge in [0, 0.05) is 5.92 Å². The molecule has 0 aliphatic rings. The van der Waals surface area contributed by atoms with Crippen molar-refractivity contribution in [2.45, 2.75) is 45.8 Å². The van der Waals surface area contributed by atoms with Crippen LogP contribution in [0.15, 0.2) is 0 Å². The maximum Gasteiger partial charge on any atom is 0.328 e. The van der Waals surface area contributed by atoms with Crippen LogP contribution in [0.3, 0.4) is 0 Å². The second kappa shape index (κ2) is 6.40. The first kappa shape index (κ1) is 13.9. The predicted molar refractivity (Wildman–Crippen MR) is 55.3 cm³/mol. The standard InChI is InChI=1S/C10H19NO4/c1-4-5-6(2)9(13)11-8(7(3)12)10(14)15/h6-8,12H,4-5H2,1-3H3,(H,11,13)(H,14,15)/t6?,7-,8+/m1/s1. The van der Waals surface area contributed by atoms with Crippen molar-refractivity contribution >= 4 is 11.9 Å². The lowest BCUT2D eigenvalue weighted by atomic mass is 10.0. The van der Waals surface area contributed by atoms with Gasteiger partial charge in [-0.25, -0.2) is 4.79 Å². The largest absolute Gasteiger partial charge is 0.480 e. The molecular formula is C10H19NO4. The molecule has 0 rings (SSSR count). The smallest absolute Gasteiger partial charge is 0.328 e. The fourth-order valence-electron chi connectivity index (χ4n) is 1.25. The van der Waals surface area contributed by atoms with Gasteiger partial charge in [0.25, 0.3) is 0 Å². The summed E-state index contributed by atoms with van der Waals surface area (Å²) < 4.78 is 0. The Balaban J connectivity index is 4.29. The summed E-state index contributed by atoms with van der Waals surface area (Å²) in [6.45, 7) is 5.02. The van der Waals surface area contributed by atoms with E-state index in [1.165, 1.54) is 6.92 Å². The van der Waals surface area contributed by atoms with Crippen molar-refractivity contribution in [3.8, 4) is 0 Å². The van der Waals surface area contributed by atoms with Crippen molar-refractivity contribution in [3.05, 3.63) is 0 Å². The van der Waals surface area contributed by atoms with E-state index in [2.05, 4.69) is 5.32 Å². The molecular weight excluding hydrogens is 198 g/mol. The highest BCUT2D eigenvalue weighted by molar-refractivity contribution is 5.85. The molecule has 0 aromatic heterocycles. The Hall–Kier alpha value is -1.10. The zero-order valence-corrected chi connectivity index (χ0v) is 9.36. The second-order valence-corrected chi connectivity index (χ2v) is 3.75. The molecule has 0 aromatic rings. The number of hydrogen-bond acceptors (Lipinski definition) is 3. The van der Waals surface area contributed by atoms with Crippen molar-refractivity contribution in [3.63, 3.8) is 0 Å². The van der Waals surface area contributed by atoms with E-state index in [0.717, 1.165) is 6.42 Å². The number of carboxylic acid groups (broad SMARTS) is 1. The van der Waals surface area contributed by atoms with Crippen LogP contribution in [0.4, 0.5) is 0 Å². The molecule has 0 bridgehead atoms. The van der Waals surface area contributed by atoms with Crippen LogP contribution in [0, 0.1) is 5.92 Å². The van der Waals surface area contributed by atoms with E-state index in [9.17, 15) is 9.59 Å². The molecule has 0 radical (unpaired) electrons. The van der Waals surface area contributed by atoms with Gasteiger partial charge in [0.2, 0.25) is 5.91 Å². The molecule has 3 atom stereocenters. The average Bonchev–Trinajstić information content (AvgIpc) is 2.12. The van der Waals surface area contributed by atoms with Gasteiger partial charge in [-0.2, -0.15) is 0 Å². The number of carbonyl (C=O) groups is 2. The van der Waals surface area contributed by atoms with Gasteiger partial charge in [0.05, 0.1) is 6.10 Å². The average molecular weight is 217 g/mol. The summed E-state index contributed by atoms with van der Waals surface area (Å²) in [4.78, 5) is 22.1. The van der Waals surface area contributed by atoms with E-state index < -0.39 is 18.1 Å². The predicted octanol–water partition coefficient (Wildman–Crippen LogP) is 0.373. The van der Waals surface area contributed by atoms with Gasteiger partial charge in [0.1, 0.15) is 0 Å². The number of aliphatic carboxylic acids is 1. The summed E-state index contributed by atoms with van der Waals surface area (Å²) in [7, 11) is 0. The number of rotatable bonds is 6. The molecule has 0 aliphatic heterocycles. The highest BCUT2D eigenvalue weighted by Crippen LogP contribution is 2.06. The molecule has 3 N–H and O–H groups in total. The number of aliphatic hydroxyl groups is 1.